The number of aromatic hydroxyl groups is 1. The van der Waals surface area contributed by atoms with E-state index < -0.39 is 0 Å². The quantitative estimate of drug-likeness (QED) is 0.752. The largest absolute Gasteiger partial charge is 0.508 e. The Morgan fingerprint density at radius 2 is 2.27 bits per heavy atom. The molecule has 0 unspecified atom stereocenters. The number of carbonyl (C=O) groups is 1. The summed E-state index contributed by atoms with van der Waals surface area (Å²) in [6.45, 7) is 0. The van der Waals surface area contributed by atoms with Crippen molar-refractivity contribution in [2.75, 3.05) is 0 Å². The Hall–Kier alpha value is -2.10. The van der Waals surface area contributed by atoms with Gasteiger partial charge in [-0.15, -0.1) is 0 Å². The summed E-state index contributed by atoms with van der Waals surface area (Å²) in [5.41, 5.74) is 1.63. The molecule has 1 heterocycles. The molecule has 4 heteroatoms. The molecule has 0 saturated heterocycles. The molecule has 0 saturated carbocycles. The molecule has 2 rings (SSSR count). The second-order valence-corrected chi connectivity index (χ2v) is 3.23. The Balaban J connectivity index is 2.54. The van der Waals surface area contributed by atoms with Crippen LogP contribution in [0.2, 0.25) is 0 Å². The maximum atomic E-state index is 10.6. The summed E-state index contributed by atoms with van der Waals surface area (Å²) in [6.07, 6.45) is 2.31. The third-order valence-electron chi connectivity index (χ3n) is 2.27. The van der Waals surface area contributed by atoms with Crippen LogP contribution in [0, 0.1) is 0 Å². The predicted octanol–water partition coefficient (Wildman–Crippen LogP) is 1.61. The molecule has 1 aromatic carbocycles. The molecule has 0 bridgehead atoms. The van der Waals surface area contributed by atoms with E-state index in [2.05, 4.69) is 4.98 Å². The van der Waals surface area contributed by atoms with Crippen molar-refractivity contribution < 1.29 is 9.90 Å². The van der Waals surface area contributed by atoms with Gasteiger partial charge in [-0.25, -0.2) is 4.98 Å². The monoisotopic (exact) mass is 202 g/mol. The summed E-state index contributed by atoms with van der Waals surface area (Å²) in [6, 6.07) is 6.83. The highest BCUT2D eigenvalue weighted by molar-refractivity contribution is 5.73. The number of hydrogen-bond donors (Lipinski definition) is 1. The van der Waals surface area contributed by atoms with Gasteiger partial charge in [0.05, 0.1) is 11.9 Å². The van der Waals surface area contributed by atoms with E-state index >= 15 is 0 Å². The van der Waals surface area contributed by atoms with Gasteiger partial charge in [-0.3, -0.25) is 4.79 Å². The fourth-order valence-corrected chi connectivity index (χ4v) is 1.47. The minimum absolute atomic E-state index is 0.196. The van der Waals surface area contributed by atoms with Crippen LogP contribution < -0.4 is 0 Å². The smallest absolute Gasteiger partial charge is 0.185 e. The molecule has 15 heavy (non-hydrogen) atoms. The van der Waals surface area contributed by atoms with Crippen molar-refractivity contribution in [1.82, 2.24) is 9.55 Å². The van der Waals surface area contributed by atoms with Crippen LogP contribution in [0.1, 0.15) is 10.6 Å². The van der Waals surface area contributed by atoms with Crippen LogP contribution in [-0.4, -0.2) is 20.9 Å². The van der Waals surface area contributed by atoms with Gasteiger partial charge in [0, 0.05) is 12.6 Å². The summed E-state index contributed by atoms with van der Waals surface area (Å²) in [5.74, 6) is 0.565. The highest BCUT2D eigenvalue weighted by Crippen LogP contribution is 2.22. The molecule has 4 nitrogen and oxygen atoms in total. The topological polar surface area (TPSA) is 55.1 Å². The highest BCUT2D eigenvalue weighted by Gasteiger charge is 2.07. The third kappa shape index (κ3) is 1.61. The molecule has 76 valence electrons. The molecule has 2 aromatic rings. The fourth-order valence-electron chi connectivity index (χ4n) is 1.47. The molecule has 1 aromatic heterocycles. The Labute approximate surface area is 86.8 Å². The van der Waals surface area contributed by atoms with E-state index in [9.17, 15) is 9.90 Å². The number of imidazole rings is 1. The van der Waals surface area contributed by atoms with Crippen LogP contribution >= 0.6 is 0 Å². The van der Waals surface area contributed by atoms with E-state index in [4.69, 9.17) is 0 Å². The molecule has 0 aliphatic heterocycles. The van der Waals surface area contributed by atoms with E-state index in [0.717, 1.165) is 11.3 Å². The van der Waals surface area contributed by atoms with Gasteiger partial charge in [-0.05, 0) is 12.1 Å². The van der Waals surface area contributed by atoms with E-state index in [1.54, 1.807) is 36.0 Å². The Kier molecular flexibility index (Phi) is 2.25. The van der Waals surface area contributed by atoms with Gasteiger partial charge < -0.3 is 9.67 Å². The van der Waals surface area contributed by atoms with Crippen LogP contribution in [0.15, 0.2) is 30.5 Å². The van der Waals surface area contributed by atoms with E-state index in [1.165, 1.54) is 0 Å². The molecule has 0 aliphatic rings. The normalized spacial score (nSPS) is 10.2. The number of phenolic OH excluding ortho intramolecular Hbond substituents is 1. The molecular weight excluding hydrogens is 192 g/mol. The zero-order chi connectivity index (χ0) is 10.8. The van der Waals surface area contributed by atoms with Crippen molar-refractivity contribution in [3.05, 3.63) is 36.3 Å². The number of aldehydes is 1. The maximum Gasteiger partial charge on any atom is 0.185 e. The standard InChI is InChI=1S/C11H10N2O2/c1-13-10(6-12-11(13)7-14)8-3-2-4-9(15)5-8/h2-7,15H,1H3. The number of hydrogen-bond acceptors (Lipinski definition) is 3. The molecule has 0 amide bonds. The average molecular weight is 202 g/mol. The van der Waals surface area contributed by atoms with Crippen molar-refractivity contribution in [3.63, 3.8) is 0 Å². The zero-order valence-corrected chi connectivity index (χ0v) is 8.21. The second-order valence-electron chi connectivity index (χ2n) is 3.23. The summed E-state index contributed by atoms with van der Waals surface area (Å²) < 4.78 is 1.68. The van der Waals surface area contributed by atoms with E-state index in [1.807, 2.05) is 6.07 Å². The SMILES string of the molecule is Cn1c(-c2cccc(O)c2)cnc1C=O. The minimum Gasteiger partial charge on any atom is -0.508 e. The van der Waals surface area contributed by atoms with Crippen LogP contribution in [0.25, 0.3) is 11.3 Å². The lowest BCUT2D eigenvalue weighted by Crippen LogP contribution is -1.97. The molecule has 0 atom stereocenters. The Morgan fingerprint density at radius 1 is 1.47 bits per heavy atom. The lowest BCUT2D eigenvalue weighted by molar-refractivity contribution is 0.111. The minimum atomic E-state index is 0.196. The lowest BCUT2D eigenvalue weighted by Gasteiger charge is -2.03. The molecule has 0 spiro atoms. The number of carbonyl (C=O) groups excluding carboxylic acids is 1. The zero-order valence-electron chi connectivity index (χ0n) is 8.21. The Morgan fingerprint density at radius 3 is 2.87 bits per heavy atom. The summed E-state index contributed by atoms with van der Waals surface area (Å²) in [4.78, 5) is 14.6. The first-order valence-electron chi connectivity index (χ1n) is 4.48. The third-order valence-corrected chi connectivity index (χ3v) is 2.27. The van der Waals surface area contributed by atoms with Crippen LogP contribution in [0.3, 0.4) is 0 Å². The number of nitrogens with zero attached hydrogens (tertiary/aromatic N) is 2. The van der Waals surface area contributed by atoms with Crippen molar-refractivity contribution in [2.24, 2.45) is 7.05 Å². The van der Waals surface area contributed by atoms with E-state index in [0.29, 0.717) is 12.1 Å². The first-order chi connectivity index (χ1) is 7.22. The number of benzene rings is 1. The first-order valence-corrected chi connectivity index (χ1v) is 4.48. The van der Waals surface area contributed by atoms with E-state index in [-0.39, 0.29) is 5.75 Å². The number of aromatic nitrogens is 2. The van der Waals surface area contributed by atoms with Crippen LogP contribution in [-0.2, 0) is 7.05 Å². The van der Waals surface area contributed by atoms with Gasteiger partial charge in [0.2, 0.25) is 0 Å². The van der Waals surface area contributed by atoms with Crippen molar-refractivity contribution in [2.45, 2.75) is 0 Å². The van der Waals surface area contributed by atoms with Gasteiger partial charge in [0.15, 0.2) is 12.1 Å². The highest BCUT2D eigenvalue weighted by atomic mass is 16.3. The van der Waals surface area contributed by atoms with Crippen LogP contribution in [0.5, 0.6) is 5.75 Å². The first kappa shape index (κ1) is 9.45. The molecule has 0 radical (unpaired) electrons. The average Bonchev–Trinajstić information content (AvgIpc) is 2.59. The molecular formula is C11H10N2O2. The molecule has 0 aliphatic carbocycles. The predicted molar refractivity (Wildman–Crippen MR) is 55.7 cm³/mol. The summed E-state index contributed by atoms with van der Waals surface area (Å²) in [5, 5.41) is 9.33. The maximum absolute atomic E-state index is 10.6. The van der Waals surface area contributed by atoms with Gasteiger partial charge in [0.1, 0.15) is 5.75 Å². The van der Waals surface area contributed by atoms with Crippen molar-refractivity contribution >= 4 is 6.29 Å². The van der Waals surface area contributed by atoms with Gasteiger partial charge >= 0.3 is 0 Å². The summed E-state index contributed by atoms with van der Waals surface area (Å²) >= 11 is 0. The Bertz CT molecular complexity index is 503. The lowest BCUT2D eigenvalue weighted by atomic mass is 10.1. The fraction of sp³-hybridized carbons (Fsp3) is 0.0909. The molecule has 0 fully saturated rings. The number of phenols is 1. The molecule has 1 N–H and O–H groups in total. The second kappa shape index (κ2) is 3.57. The number of rotatable bonds is 2. The van der Waals surface area contributed by atoms with Crippen molar-refractivity contribution in [1.29, 1.82) is 0 Å². The van der Waals surface area contributed by atoms with Gasteiger partial charge in [0.25, 0.3) is 0 Å². The summed E-state index contributed by atoms with van der Waals surface area (Å²) in [7, 11) is 1.76. The van der Waals surface area contributed by atoms with Crippen molar-refractivity contribution in [3.8, 4) is 17.0 Å². The van der Waals surface area contributed by atoms with Crippen LogP contribution in [0.4, 0.5) is 0 Å². The van der Waals surface area contributed by atoms with Gasteiger partial charge in [-0.1, -0.05) is 12.1 Å². The van der Waals surface area contributed by atoms with Gasteiger partial charge in [-0.2, -0.15) is 0 Å².